The maximum atomic E-state index is 12.4. The topological polar surface area (TPSA) is 35.6 Å². The lowest BCUT2D eigenvalue weighted by Gasteiger charge is -2.23. The molecular formula is C20H27N3O. The van der Waals surface area contributed by atoms with Gasteiger partial charge >= 0.3 is 0 Å². The molecule has 0 aliphatic carbocycles. The standard InChI is InChI=1S/C20H27N3O/c1-5-23(6-2)18-12-13-19(16(3)14-18)21-15-20(24)22(4)17-10-8-7-9-11-17/h7-14,21H,5-6,15H2,1-4H3. The number of benzene rings is 2. The first-order valence-corrected chi connectivity index (χ1v) is 8.47. The fourth-order valence-electron chi connectivity index (χ4n) is 2.72. The first-order valence-electron chi connectivity index (χ1n) is 8.47. The number of nitrogens with one attached hydrogen (secondary N) is 1. The predicted octanol–water partition coefficient (Wildman–Crippen LogP) is 3.92. The molecule has 2 rings (SSSR count). The predicted molar refractivity (Wildman–Crippen MR) is 103 cm³/mol. The van der Waals surface area contributed by atoms with Crippen LogP contribution in [0.5, 0.6) is 0 Å². The minimum atomic E-state index is 0.0356. The Morgan fingerprint density at radius 3 is 2.25 bits per heavy atom. The molecule has 2 aromatic carbocycles. The number of hydrogen-bond acceptors (Lipinski definition) is 3. The number of aryl methyl sites for hydroxylation is 1. The molecule has 0 saturated heterocycles. The van der Waals surface area contributed by atoms with Crippen molar-refractivity contribution in [1.29, 1.82) is 0 Å². The Kier molecular flexibility index (Phi) is 6.24. The lowest BCUT2D eigenvalue weighted by molar-refractivity contribution is -0.116. The summed E-state index contributed by atoms with van der Waals surface area (Å²) in [6, 6.07) is 16.0. The van der Waals surface area contributed by atoms with Crippen LogP contribution in [0.15, 0.2) is 48.5 Å². The summed E-state index contributed by atoms with van der Waals surface area (Å²) in [6.45, 7) is 8.63. The van der Waals surface area contributed by atoms with Gasteiger partial charge in [0.2, 0.25) is 5.91 Å². The Hall–Kier alpha value is -2.49. The fraction of sp³-hybridized carbons (Fsp3) is 0.350. The molecule has 0 aromatic heterocycles. The van der Waals surface area contributed by atoms with E-state index in [1.54, 1.807) is 11.9 Å². The van der Waals surface area contributed by atoms with Crippen LogP contribution in [0.2, 0.25) is 0 Å². The number of hydrogen-bond donors (Lipinski definition) is 1. The van der Waals surface area contributed by atoms with E-state index >= 15 is 0 Å². The highest BCUT2D eigenvalue weighted by Gasteiger charge is 2.11. The van der Waals surface area contributed by atoms with Gasteiger partial charge < -0.3 is 15.1 Å². The second-order valence-electron chi connectivity index (χ2n) is 5.81. The highest BCUT2D eigenvalue weighted by Crippen LogP contribution is 2.22. The molecule has 0 bridgehead atoms. The molecule has 2 aromatic rings. The minimum absolute atomic E-state index is 0.0356. The van der Waals surface area contributed by atoms with E-state index in [0.29, 0.717) is 0 Å². The van der Waals surface area contributed by atoms with Crippen molar-refractivity contribution in [3.05, 3.63) is 54.1 Å². The van der Waals surface area contributed by atoms with Gasteiger partial charge in [0.25, 0.3) is 0 Å². The van der Waals surface area contributed by atoms with E-state index in [1.807, 2.05) is 30.3 Å². The number of likely N-dealkylation sites (N-methyl/N-ethyl adjacent to an activating group) is 1. The maximum absolute atomic E-state index is 12.4. The summed E-state index contributed by atoms with van der Waals surface area (Å²) >= 11 is 0. The van der Waals surface area contributed by atoms with Crippen molar-refractivity contribution in [3.63, 3.8) is 0 Å². The lowest BCUT2D eigenvalue weighted by atomic mass is 10.1. The zero-order valence-electron chi connectivity index (χ0n) is 15.0. The number of rotatable bonds is 7. The van der Waals surface area contributed by atoms with Gasteiger partial charge in [-0.3, -0.25) is 4.79 Å². The van der Waals surface area contributed by atoms with Gasteiger partial charge in [0.15, 0.2) is 0 Å². The van der Waals surface area contributed by atoms with Crippen LogP contribution in [-0.2, 0) is 4.79 Å². The Labute approximate surface area is 145 Å². The maximum Gasteiger partial charge on any atom is 0.246 e. The molecule has 24 heavy (non-hydrogen) atoms. The summed E-state index contributed by atoms with van der Waals surface area (Å²) in [6.07, 6.45) is 0. The molecule has 0 radical (unpaired) electrons. The van der Waals surface area contributed by atoms with Crippen LogP contribution in [-0.4, -0.2) is 32.6 Å². The van der Waals surface area contributed by atoms with Crippen molar-refractivity contribution < 1.29 is 4.79 Å². The molecule has 0 fully saturated rings. The van der Waals surface area contributed by atoms with Crippen molar-refractivity contribution in [1.82, 2.24) is 0 Å². The number of nitrogens with zero attached hydrogens (tertiary/aromatic N) is 2. The van der Waals surface area contributed by atoms with Gasteiger partial charge in [-0.15, -0.1) is 0 Å². The third kappa shape index (κ3) is 4.28. The Morgan fingerprint density at radius 2 is 1.67 bits per heavy atom. The van der Waals surface area contributed by atoms with Crippen LogP contribution in [0, 0.1) is 6.92 Å². The third-order valence-corrected chi connectivity index (χ3v) is 4.29. The zero-order valence-corrected chi connectivity index (χ0v) is 15.0. The zero-order chi connectivity index (χ0) is 17.5. The number of para-hydroxylation sites is 1. The largest absolute Gasteiger partial charge is 0.376 e. The van der Waals surface area contributed by atoms with Crippen LogP contribution < -0.4 is 15.1 Å². The van der Waals surface area contributed by atoms with Crippen LogP contribution in [0.3, 0.4) is 0 Å². The Balaban J connectivity index is 2.00. The van der Waals surface area contributed by atoms with Crippen LogP contribution in [0.4, 0.5) is 17.1 Å². The normalized spacial score (nSPS) is 10.3. The Bertz CT molecular complexity index is 666. The summed E-state index contributed by atoms with van der Waals surface area (Å²) in [5.41, 5.74) is 4.27. The summed E-state index contributed by atoms with van der Waals surface area (Å²) in [7, 11) is 1.80. The molecule has 128 valence electrons. The second kappa shape index (κ2) is 8.39. The molecule has 1 amide bonds. The van der Waals surface area contributed by atoms with E-state index in [9.17, 15) is 4.79 Å². The first kappa shape index (κ1) is 17.9. The van der Waals surface area contributed by atoms with Crippen LogP contribution >= 0.6 is 0 Å². The average molecular weight is 325 g/mol. The molecule has 0 saturated carbocycles. The van der Waals surface area contributed by atoms with Gasteiger partial charge in [0, 0.05) is 37.2 Å². The van der Waals surface area contributed by atoms with E-state index < -0.39 is 0 Å². The summed E-state index contributed by atoms with van der Waals surface area (Å²) in [5, 5.41) is 3.26. The van der Waals surface area contributed by atoms with E-state index in [2.05, 4.69) is 49.2 Å². The third-order valence-electron chi connectivity index (χ3n) is 4.29. The van der Waals surface area contributed by atoms with Crippen molar-refractivity contribution in [2.75, 3.05) is 41.8 Å². The molecule has 0 aliphatic rings. The number of anilines is 3. The Morgan fingerprint density at radius 1 is 1.00 bits per heavy atom. The quantitative estimate of drug-likeness (QED) is 0.838. The van der Waals surface area contributed by atoms with Gasteiger partial charge in [-0.05, 0) is 56.7 Å². The van der Waals surface area contributed by atoms with Gasteiger partial charge in [-0.25, -0.2) is 0 Å². The highest BCUT2D eigenvalue weighted by molar-refractivity contribution is 5.95. The lowest BCUT2D eigenvalue weighted by Crippen LogP contribution is -2.32. The fourth-order valence-corrected chi connectivity index (χ4v) is 2.72. The van der Waals surface area contributed by atoms with E-state index in [0.717, 1.165) is 30.0 Å². The summed E-state index contributed by atoms with van der Waals surface area (Å²) in [5.74, 6) is 0.0356. The van der Waals surface area contributed by atoms with Gasteiger partial charge in [-0.2, -0.15) is 0 Å². The molecule has 0 heterocycles. The van der Waals surface area contributed by atoms with Crippen molar-refractivity contribution in [2.24, 2.45) is 0 Å². The van der Waals surface area contributed by atoms with Crippen LogP contribution in [0.25, 0.3) is 0 Å². The molecular weight excluding hydrogens is 298 g/mol. The minimum Gasteiger partial charge on any atom is -0.376 e. The first-order chi connectivity index (χ1) is 11.6. The number of carbonyl (C=O) groups is 1. The van der Waals surface area contributed by atoms with Gasteiger partial charge in [0.05, 0.1) is 6.54 Å². The summed E-state index contributed by atoms with van der Waals surface area (Å²) in [4.78, 5) is 16.3. The molecule has 0 unspecified atom stereocenters. The number of amides is 1. The van der Waals surface area contributed by atoms with E-state index in [1.165, 1.54) is 5.69 Å². The molecule has 0 spiro atoms. The molecule has 0 atom stereocenters. The SMILES string of the molecule is CCN(CC)c1ccc(NCC(=O)N(C)c2ccccc2)c(C)c1. The smallest absolute Gasteiger partial charge is 0.246 e. The van der Waals surface area contributed by atoms with Crippen molar-refractivity contribution in [3.8, 4) is 0 Å². The van der Waals surface area contributed by atoms with Crippen molar-refractivity contribution >= 4 is 23.0 Å². The van der Waals surface area contributed by atoms with E-state index in [-0.39, 0.29) is 12.5 Å². The molecule has 4 heteroatoms. The second-order valence-corrected chi connectivity index (χ2v) is 5.81. The van der Waals surface area contributed by atoms with Gasteiger partial charge in [-0.1, -0.05) is 18.2 Å². The summed E-state index contributed by atoms with van der Waals surface area (Å²) < 4.78 is 0. The number of carbonyl (C=O) groups excluding carboxylic acids is 1. The molecule has 0 aliphatic heterocycles. The average Bonchev–Trinajstić information content (AvgIpc) is 2.62. The highest BCUT2D eigenvalue weighted by atomic mass is 16.2. The van der Waals surface area contributed by atoms with Crippen LogP contribution in [0.1, 0.15) is 19.4 Å². The van der Waals surface area contributed by atoms with Crippen molar-refractivity contribution in [2.45, 2.75) is 20.8 Å². The monoisotopic (exact) mass is 325 g/mol. The van der Waals surface area contributed by atoms with E-state index in [4.69, 9.17) is 0 Å². The molecule has 1 N–H and O–H groups in total. The molecule has 4 nitrogen and oxygen atoms in total. The van der Waals surface area contributed by atoms with Gasteiger partial charge in [0.1, 0.15) is 0 Å².